The summed E-state index contributed by atoms with van der Waals surface area (Å²) >= 11 is 0. The van der Waals surface area contributed by atoms with E-state index < -0.39 is 0 Å². The average Bonchev–Trinajstić information content (AvgIpc) is 2.56. The largest absolute Gasteiger partial charge is 0.466 e. The van der Waals surface area contributed by atoms with E-state index in [1.165, 1.54) is 12.6 Å². The van der Waals surface area contributed by atoms with Gasteiger partial charge in [0.2, 0.25) is 0 Å². The van der Waals surface area contributed by atoms with E-state index in [2.05, 4.69) is 41.7 Å². The minimum absolute atomic E-state index is 0. The third kappa shape index (κ3) is 7.35. The minimum Gasteiger partial charge on any atom is -0.466 e. The number of esters is 1. The number of ether oxygens (including phenoxy) is 1. The number of benzene rings is 1. The van der Waals surface area contributed by atoms with Crippen molar-refractivity contribution in [3.05, 3.63) is 53.3 Å². The molecule has 6 nitrogen and oxygen atoms in total. The maximum absolute atomic E-state index is 11.0. The Hall–Kier alpha value is -2.47. The van der Waals surface area contributed by atoms with Gasteiger partial charge in [-0.05, 0) is 43.2 Å². The van der Waals surface area contributed by atoms with E-state index in [9.17, 15) is 4.79 Å². The quantitative estimate of drug-likeness (QED) is 0.273. The number of hydrogen-bond acceptors (Lipinski definition) is 6. The maximum atomic E-state index is 11.0. The lowest BCUT2D eigenvalue weighted by Crippen LogP contribution is -2.37. The highest BCUT2D eigenvalue weighted by atomic mass is 35.5. The number of hydrazone groups is 1. The number of halogens is 1. The molecule has 0 saturated carbocycles. The Morgan fingerprint density at radius 1 is 1.37 bits per heavy atom. The first-order valence-electron chi connectivity index (χ1n) is 8.85. The van der Waals surface area contributed by atoms with Gasteiger partial charge in [0, 0.05) is 37.7 Å². The molecule has 1 aliphatic carbocycles. The van der Waals surface area contributed by atoms with Crippen LogP contribution in [0.3, 0.4) is 0 Å². The van der Waals surface area contributed by atoms with Gasteiger partial charge >= 0.3 is 5.97 Å². The SMILES string of the molecule is CCNC1=CC(CCOC(C)=O)=CC(C)(Nc2ccc(C=NN)cc2)C1.Cl. The van der Waals surface area contributed by atoms with E-state index >= 15 is 0 Å². The fourth-order valence-corrected chi connectivity index (χ4v) is 3.12. The van der Waals surface area contributed by atoms with E-state index in [4.69, 9.17) is 10.6 Å². The summed E-state index contributed by atoms with van der Waals surface area (Å²) < 4.78 is 5.09. The fraction of sp³-hybridized carbons (Fsp3) is 0.400. The molecule has 7 heteroatoms. The molecule has 0 saturated heterocycles. The van der Waals surface area contributed by atoms with Crippen LogP contribution in [0.5, 0.6) is 0 Å². The number of hydrogen-bond donors (Lipinski definition) is 3. The summed E-state index contributed by atoms with van der Waals surface area (Å²) in [7, 11) is 0. The molecule has 1 unspecified atom stereocenters. The Kier molecular flexibility index (Phi) is 8.88. The smallest absolute Gasteiger partial charge is 0.302 e. The van der Waals surface area contributed by atoms with Crippen LogP contribution in [0, 0.1) is 0 Å². The van der Waals surface area contributed by atoms with Crippen LogP contribution in [0.2, 0.25) is 0 Å². The number of anilines is 1. The lowest BCUT2D eigenvalue weighted by atomic mass is 9.86. The predicted octanol–water partition coefficient (Wildman–Crippen LogP) is 3.35. The number of carbonyl (C=O) groups is 1. The number of allylic oxidation sites excluding steroid dienone is 1. The van der Waals surface area contributed by atoms with Crippen LogP contribution in [0.4, 0.5) is 5.69 Å². The molecule has 1 aromatic rings. The van der Waals surface area contributed by atoms with Gasteiger partial charge in [0.25, 0.3) is 0 Å². The van der Waals surface area contributed by atoms with Crippen LogP contribution >= 0.6 is 12.4 Å². The predicted molar refractivity (Wildman–Crippen MR) is 113 cm³/mol. The fourth-order valence-electron chi connectivity index (χ4n) is 3.12. The second kappa shape index (κ2) is 10.6. The van der Waals surface area contributed by atoms with Gasteiger partial charge in [-0.1, -0.05) is 18.2 Å². The summed E-state index contributed by atoms with van der Waals surface area (Å²) in [5.74, 6) is 4.94. The van der Waals surface area contributed by atoms with Gasteiger partial charge in [-0.15, -0.1) is 12.4 Å². The van der Waals surface area contributed by atoms with Gasteiger partial charge in [0.1, 0.15) is 0 Å². The zero-order valence-electron chi connectivity index (χ0n) is 16.1. The van der Waals surface area contributed by atoms with Crippen molar-refractivity contribution >= 4 is 30.3 Å². The van der Waals surface area contributed by atoms with Crippen molar-refractivity contribution in [3.8, 4) is 0 Å². The number of nitrogens with one attached hydrogen (secondary N) is 2. The molecular formula is C20H29ClN4O2. The lowest BCUT2D eigenvalue weighted by molar-refractivity contribution is -0.140. The molecule has 0 aromatic heterocycles. The Morgan fingerprint density at radius 2 is 2.07 bits per heavy atom. The molecule has 27 heavy (non-hydrogen) atoms. The second-order valence-electron chi connectivity index (χ2n) is 6.63. The van der Waals surface area contributed by atoms with Gasteiger partial charge in [-0.2, -0.15) is 5.10 Å². The minimum atomic E-state index is -0.251. The second-order valence-corrected chi connectivity index (χ2v) is 6.63. The Bertz CT molecular complexity index is 713. The van der Waals surface area contributed by atoms with Crippen molar-refractivity contribution in [2.75, 3.05) is 18.5 Å². The third-order valence-electron chi connectivity index (χ3n) is 4.09. The molecule has 0 spiro atoms. The monoisotopic (exact) mass is 392 g/mol. The molecule has 1 aromatic carbocycles. The normalized spacial score (nSPS) is 18.9. The maximum Gasteiger partial charge on any atom is 0.302 e. The first kappa shape index (κ1) is 22.6. The Morgan fingerprint density at radius 3 is 2.67 bits per heavy atom. The van der Waals surface area contributed by atoms with Crippen LogP contribution < -0.4 is 16.5 Å². The number of nitrogens with zero attached hydrogens (tertiary/aromatic N) is 1. The van der Waals surface area contributed by atoms with Gasteiger partial charge in [0.05, 0.1) is 18.4 Å². The summed E-state index contributed by atoms with van der Waals surface area (Å²) in [6.07, 6.45) is 7.52. The molecule has 1 aliphatic rings. The molecule has 2 rings (SSSR count). The summed E-state index contributed by atoms with van der Waals surface area (Å²) in [5.41, 5.74) is 4.07. The molecule has 0 radical (unpaired) electrons. The van der Waals surface area contributed by atoms with Crippen LogP contribution in [0.15, 0.2) is 52.8 Å². The number of rotatable bonds is 8. The van der Waals surface area contributed by atoms with E-state index in [0.29, 0.717) is 13.0 Å². The van der Waals surface area contributed by atoms with E-state index in [1.807, 2.05) is 24.3 Å². The van der Waals surface area contributed by atoms with Crippen molar-refractivity contribution in [1.82, 2.24) is 5.32 Å². The lowest BCUT2D eigenvalue weighted by Gasteiger charge is -2.34. The zero-order valence-corrected chi connectivity index (χ0v) is 16.9. The molecule has 0 bridgehead atoms. The summed E-state index contributed by atoms with van der Waals surface area (Å²) in [4.78, 5) is 11.0. The van der Waals surface area contributed by atoms with E-state index in [-0.39, 0.29) is 23.9 Å². The number of carbonyl (C=O) groups excluding carboxylic acids is 1. The zero-order chi connectivity index (χ0) is 19.0. The van der Waals surface area contributed by atoms with Crippen LogP contribution in [0.1, 0.15) is 39.2 Å². The van der Waals surface area contributed by atoms with Gasteiger partial charge in [-0.25, -0.2) is 0 Å². The molecule has 0 aliphatic heterocycles. The Balaban J connectivity index is 0.00000364. The van der Waals surface area contributed by atoms with Gasteiger partial charge in [-0.3, -0.25) is 4.79 Å². The third-order valence-corrected chi connectivity index (χ3v) is 4.09. The molecule has 0 amide bonds. The van der Waals surface area contributed by atoms with E-state index in [1.54, 1.807) is 6.21 Å². The van der Waals surface area contributed by atoms with E-state index in [0.717, 1.165) is 29.8 Å². The van der Waals surface area contributed by atoms with Crippen LogP contribution in [-0.4, -0.2) is 30.9 Å². The molecule has 148 valence electrons. The molecule has 0 fully saturated rings. The first-order chi connectivity index (χ1) is 12.4. The van der Waals surface area contributed by atoms with Crippen LogP contribution in [0.25, 0.3) is 0 Å². The average molecular weight is 393 g/mol. The van der Waals surface area contributed by atoms with Gasteiger partial charge < -0.3 is 21.2 Å². The molecule has 0 heterocycles. The molecular weight excluding hydrogens is 364 g/mol. The van der Waals surface area contributed by atoms with Crippen molar-refractivity contribution in [2.24, 2.45) is 10.9 Å². The van der Waals surface area contributed by atoms with Crippen molar-refractivity contribution in [1.29, 1.82) is 0 Å². The summed E-state index contributed by atoms with van der Waals surface area (Å²) in [6.45, 7) is 6.94. The number of nitrogens with two attached hydrogens (primary N) is 1. The van der Waals surface area contributed by atoms with Crippen molar-refractivity contribution in [3.63, 3.8) is 0 Å². The summed E-state index contributed by atoms with van der Waals surface area (Å²) in [6, 6.07) is 7.97. The Labute approximate surface area is 167 Å². The first-order valence-corrected chi connectivity index (χ1v) is 8.85. The highest BCUT2D eigenvalue weighted by Gasteiger charge is 2.27. The molecule has 1 atom stereocenters. The van der Waals surface area contributed by atoms with Crippen LogP contribution in [-0.2, 0) is 9.53 Å². The standard InChI is InChI=1S/C20H28N4O2.ClH/c1-4-22-19-11-17(9-10-26-15(2)25)12-20(3,13-19)24-18-7-5-16(6-8-18)14-23-21;/h5-8,11-12,14,22,24H,4,9-10,13,21H2,1-3H3;1H. The topological polar surface area (TPSA) is 88.7 Å². The highest BCUT2D eigenvalue weighted by molar-refractivity contribution is 5.85. The molecule has 4 N–H and O–H groups in total. The van der Waals surface area contributed by atoms with Gasteiger partial charge in [0.15, 0.2) is 0 Å². The van der Waals surface area contributed by atoms with Crippen molar-refractivity contribution < 1.29 is 9.53 Å². The summed E-state index contributed by atoms with van der Waals surface area (Å²) in [5, 5.41) is 10.6. The van der Waals surface area contributed by atoms with Crippen molar-refractivity contribution in [2.45, 2.75) is 39.2 Å². The highest BCUT2D eigenvalue weighted by Crippen LogP contribution is 2.30.